The molecule has 0 radical (unpaired) electrons. The molecule has 26 heavy (non-hydrogen) atoms. The summed E-state index contributed by atoms with van der Waals surface area (Å²) in [5.41, 5.74) is 2.52. The molecule has 0 aliphatic rings. The van der Waals surface area contributed by atoms with Gasteiger partial charge in [0.25, 0.3) is 0 Å². The van der Waals surface area contributed by atoms with Gasteiger partial charge in [-0.3, -0.25) is 0 Å². The number of benzene rings is 2. The maximum Gasteiger partial charge on any atom is 0.000130 e. The zero-order valence-corrected chi connectivity index (χ0v) is 17.5. The molecule has 3 aromatic rings. The molecule has 0 fully saturated rings. The standard InChI is InChI=1S/C12H19N2.C6H5.C5H5.Cr/c1-13(2)9-11-6-5-7-12(8-11)10-14(3)4;1-2-4-6-5-3-1;1-2-4-5-3-1;/h5-7H,9-10H2,1-4H3;1-5H;1-5H;/q3*-1;. The van der Waals surface area contributed by atoms with E-state index in [4.69, 9.17) is 0 Å². The van der Waals surface area contributed by atoms with E-state index in [1.54, 1.807) is 0 Å². The molecular weight excluding hydrogens is 356 g/mol. The molecule has 0 saturated carbocycles. The van der Waals surface area contributed by atoms with Gasteiger partial charge in [0, 0.05) is 30.5 Å². The molecule has 0 aliphatic heterocycles. The monoisotopic (exact) mass is 385 g/mol. The molecule has 2 nitrogen and oxygen atoms in total. The quantitative estimate of drug-likeness (QED) is 0.610. The Morgan fingerprint density at radius 1 is 0.731 bits per heavy atom. The summed E-state index contributed by atoms with van der Waals surface area (Å²) in [6, 6.07) is 32.3. The van der Waals surface area contributed by atoms with E-state index < -0.39 is 0 Å². The summed E-state index contributed by atoms with van der Waals surface area (Å²) >= 11 is 0. The van der Waals surface area contributed by atoms with Crippen molar-refractivity contribution in [1.82, 2.24) is 9.80 Å². The van der Waals surface area contributed by atoms with Crippen molar-refractivity contribution >= 4 is 0 Å². The minimum atomic E-state index is 0. The molecule has 0 aliphatic carbocycles. The van der Waals surface area contributed by atoms with E-state index >= 15 is 0 Å². The van der Waals surface area contributed by atoms with Crippen molar-refractivity contribution in [3.63, 3.8) is 0 Å². The van der Waals surface area contributed by atoms with Crippen molar-refractivity contribution in [2.45, 2.75) is 13.1 Å². The van der Waals surface area contributed by atoms with E-state index in [9.17, 15) is 0 Å². The topological polar surface area (TPSA) is 6.48 Å². The van der Waals surface area contributed by atoms with Gasteiger partial charge in [0.15, 0.2) is 0 Å². The van der Waals surface area contributed by atoms with E-state index in [0.29, 0.717) is 0 Å². The average Bonchev–Trinajstić information content (AvgIpc) is 3.16. The Hall–Kier alpha value is -1.76. The normalized spacial score (nSPS) is 9.46. The Morgan fingerprint density at radius 3 is 1.50 bits per heavy atom. The van der Waals surface area contributed by atoms with Gasteiger partial charge in [-0.05, 0) is 28.2 Å². The molecule has 0 atom stereocenters. The molecule has 3 rings (SSSR count). The fourth-order valence-corrected chi connectivity index (χ4v) is 2.10. The van der Waals surface area contributed by atoms with E-state index in [1.807, 2.05) is 60.7 Å². The van der Waals surface area contributed by atoms with Crippen LogP contribution >= 0.6 is 0 Å². The number of hydrogen-bond donors (Lipinski definition) is 0. The second kappa shape index (κ2) is 15.5. The summed E-state index contributed by atoms with van der Waals surface area (Å²) in [5, 5.41) is 0. The van der Waals surface area contributed by atoms with Crippen molar-refractivity contribution < 1.29 is 17.4 Å². The van der Waals surface area contributed by atoms with Crippen LogP contribution in [0.5, 0.6) is 0 Å². The first kappa shape index (κ1) is 24.2. The van der Waals surface area contributed by atoms with Crippen LogP contribution in [-0.2, 0) is 30.5 Å². The summed E-state index contributed by atoms with van der Waals surface area (Å²) in [7, 11) is 8.30. The predicted molar refractivity (Wildman–Crippen MR) is 107 cm³/mol. The second-order valence-electron chi connectivity index (χ2n) is 6.22. The largest absolute Gasteiger partial charge is 0.307 e. The number of hydrogen-bond acceptors (Lipinski definition) is 2. The van der Waals surface area contributed by atoms with E-state index in [2.05, 4.69) is 68.3 Å². The first-order valence-corrected chi connectivity index (χ1v) is 8.45. The van der Waals surface area contributed by atoms with Gasteiger partial charge in [0.2, 0.25) is 0 Å². The zero-order valence-electron chi connectivity index (χ0n) is 16.2. The van der Waals surface area contributed by atoms with Crippen LogP contribution in [0.15, 0.2) is 78.9 Å². The molecule has 0 aromatic heterocycles. The Bertz CT molecular complexity index is 565. The summed E-state index contributed by atoms with van der Waals surface area (Å²) in [5.74, 6) is 0. The Balaban J connectivity index is 0.000000426. The van der Waals surface area contributed by atoms with Crippen LogP contribution in [0.25, 0.3) is 0 Å². The van der Waals surface area contributed by atoms with Crippen LogP contribution in [0, 0.1) is 12.1 Å². The van der Waals surface area contributed by atoms with Crippen LogP contribution in [0.3, 0.4) is 0 Å². The van der Waals surface area contributed by atoms with E-state index in [-0.39, 0.29) is 17.4 Å². The summed E-state index contributed by atoms with van der Waals surface area (Å²) in [4.78, 5) is 4.32. The zero-order chi connectivity index (χ0) is 18.3. The summed E-state index contributed by atoms with van der Waals surface area (Å²) < 4.78 is 0. The van der Waals surface area contributed by atoms with E-state index in [1.165, 1.54) is 11.1 Å². The minimum Gasteiger partial charge on any atom is -0.307 e. The van der Waals surface area contributed by atoms with Gasteiger partial charge in [-0.15, -0.1) is 11.1 Å². The Kier molecular flexibility index (Phi) is 14.4. The molecule has 0 saturated heterocycles. The van der Waals surface area contributed by atoms with Gasteiger partial charge in [-0.25, -0.2) is 12.1 Å². The third-order valence-electron chi connectivity index (χ3n) is 3.05. The maximum absolute atomic E-state index is 3.42. The molecule has 3 heteroatoms. The summed E-state index contributed by atoms with van der Waals surface area (Å²) in [6.07, 6.45) is 0. The van der Waals surface area contributed by atoms with Crippen molar-refractivity contribution in [2.75, 3.05) is 28.2 Å². The Morgan fingerprint density at radius 2 is 1.23 bits per heavy atom. The molecule has 0 bridgehead atoms. The smallest absolute Gasteiger partial charge is 0.000130 e. The van der Waals surface area contributed by atoms with Crippen LogP contribution in [0.4, 0.5) is 0 Å². The van der Waals surface area contributed by atoms with Gasteiger partial charge in [0.05, 0.1) is 0 Å². The fourth-order valence-electron chi connectivity index (χ4n) is 2.10. The van der Waals surface area contributed by atoms with Crippen LogP contribution in [0.2, 0.25) is 0 Å². The number of rotatable bonds is 4. The van der Waals surface area contributed by atoms with Crippen LogP contribution in [-0.4, -0.2) is 38.0 Å². The molecule has 3 aromatic carbocycles. The van der Waals surface area contributed by atoms with Crippen LogP contribution < -0.4 is 0 Å². The van der Waals surface area contributed by atoms with Gasteiger partial charge < -0.3 is 9.80 Å². The van der Waals surface area contributed by atoms with Crippen molar-refractivity contribution in [3.05, 3.63) is 102 Å². The molecule has 140 valence electrons. The minimum absolute atomic E-state index is 0. The SMILES string of the molecule is CN(C)Cc1[c-]c(CN(C)C)ccc1.[Cr].[c-]1ccccc1.c1cc[cH-]c1. The average molecular weight is 385 g/mol. The van der Waals surface area contributed by atoms with Crippen molar-refractivity contribution in [3.8, 4) is 0 Å². The molecule has 0 unspecified atom stereocenters. The first-order chi connectivity index (χ1) is 12.1. The molecule has 0 amide bonds. The summed E-state index contributed by atoms with van der Waals surface area (Å²) in [6.45, 7) is 1.92. The van der Waals surface area contributed by atoms with Crippen molar-refractivity contribution in [2.24, 2.45) is 0 Å². The number of nitrogens with zero attached hydrogens (tertiary/aromatic N) is 2. The predicted octanol–water partition coefficient (Wildman–Crippen LogP) is 4.50. The van der Waals surface area contributed by atoms with Crippen molar-refractivity contribution in [1.29, 1.82) is 0 Å². The molecular formula is C23H29CrN2-3. The van der Waals surface area contributed by atoms with Gasteiger partial charge >= 0.3 is 0 Å². The third kappa shape index (κ3) is 13.5. The fraction of sp³-hybridized carbons (Fsp3) is 0.261. The first-order valence-electron chi connectivity index (χ1n) is 8.45. The molecule has 0 heterocycles. The second-order valence-corrected chi connectivity index (χ2v) is 6.22. The molecule has 0 spiro atoms. The van der Waals surface area contributed by atoms with Gasteiger partial charge in [0.1, 0.15) is 0 Å². The third-order valence-corrected chi connectivity index (χ3v) is 3.05. The maximum atomic E-state index is 3.42. The van der Waals surface area contributed by atoms with Crippen LogP contribution in [0.1, 0.15) is 11.1 Å². The van der Waals surface area contributed by atoms with Gasteiger partial charge in [-0.1, -0.05) is 0 Å². The van der Waals surface area contributed by atoms with E-state index in [0.717, 1.165) is 13.1 Å². The van der Waals surface area contributed by atoms with Gasteiger partial charge in [-0.2, -0.15) is 78.9 Å². The molecule has 0 N–H and O–H groups in total. The Labute approximate surface area is 170 Å².